The molecule has 0 saturated carbocycles. The second kappa shape index (κ2) is 10.4. The highest BCUT2D eigenvalue weighted by molar-refractivity contribution is 5.76. The van der Waals surface area contributed by atoms with Gasteiger partial charge in [0, 0.05) is 24.2 Å². The summed E-state index contributed by atoms with van der Waals surface area (Å²) in [5, 5.41) is 7.50. The number of nitrogens with zero attached hydrogens (tertiary/aromatic N) is 2. The van der Waals surface area contributed by atoms with Crippen LogP contribution in [0.3, 0.4) is 0 Å². The Labute approximate surface area is 190 Å². The molecule has 33 heavy (non-hydrogen) atoms. The van der Waals surface area contributed by atoms with E-state index < -0.39 is 12.8 Å². The third-order valence-electron chi connectivity index (χ3n) is 5.16. The summed E-state index contributed by atoms with van der Waals surface area (Å²) >= 11 is 0. The van der Waals surface area contributed by atoms with Gasteiger partial charge in [-0.1, -0.05) is 24.3 Å². The molecule has 0 aliphatic rings. The van der Waals surface area contributed by atoms with Crippen molar-refractivity contribution in [2.45, 2.75) is 39.4 Å². The van der Waals surface area contributed by atoms with Crippen LogP contribution >= 0.6 is 0 Å². The van der Waals surface area contributed by atoms with Gasteiger partial charge in [-0.2, -0.15) is 18.3 Å². The summed E-state index contributed by atoms with van der Waals surface area (Å²) in [6, 6.07) is 14.4. The van der Waals surface area contributed by atoms with Crippen molar-refractivity contribution in [3.05, 3.63) is 71.0 Å². The van der Waals surface area contributed by atoms with Crippen LogP contribution in [0.2, 0.25) is 0 Å². The fourth-order valence-corrected chi connectivity index (χ4v) is 3.43. The quantitative estimate of drug-likeness (QED) is 0.502. The van der Waals surface area contributed by atoms with E-state index in [1.807, 2.05) is 48.9 Å². The number of halogens is 3. The molecule has 6 nitrogen and oxygen atoms in total. The first-order chi connectivity index (χ1) is 15.7. The Morgan fingerprint density at radius 2 is 1.82 bits per heavy atom. The molecule has 1 heterocycles. The van der Waals surface area contributed by atoms with Gasteiger partial charge in [0.1, 0.15) is 0 Å². The molecule has 0 fully saturated rings. The number of amides is 1. The Morgan fingerprint density at radius 1 is 1.09 bits per heavy atom. The molecule has 0 radical (unpaired) electrons. The zero-order valence-corrected chi connectivity index (χ0v) is 18.7. The molecule has 1 amide bonds. The van der Waals surface area contributed by atoms with Crippen LogP contribution < -0.4 is 14.8 Å². The van der Waals surface area contributed by atoms with Gasteiger partial charge in [0.25, 0.3) is 0 Å². The van der Waals surface area contributed by atoms with Crippen molar-refractivity contribution in [2.24, 2.45) is 0 Å². The topological polar surface area (TPSA) is 65.4 Å². The number of rotatable bonds is 9. The molecule has 0 atom stereocenters. The number of methoxy groups -OCH3 is 1. The van der Waals surface area contributed by atoms with Crippen LogP contribution in [0.4, 0.5) is 13.2 Å². The van der Waals surface area contributed by atoms with Crippen molar-refractivity contribution in [1.82, 2.24) is 15.1 Å². The molecule has 1 aromatic heterocycles. The lowest BCUT2D eigenvalue weighted by Crippen LogP contribution is -2.23. The lowest BCUT2D eigenvalue weighted by molar-refractivity contribution is -0.153. The average molecular weight is 461 g/mol. The van der Waals surface area contributed by atoms with Gasteiger partial charge in [-0.15, -0.1) is 0 Å². The molecule has 9 heteroatoms. The summed E-state index contributed by atoms with van der Waals surface area (Å²) < 4.78 is 48.9. The fraction of sp³-hybridized carbons (Fsp3) is 0.333. The van der Waals surface area contributed by atoms with Gasteiger partial charge in [0.2, 0.25) is 5.91 Å². The maximum Gasteiger partial charge on any atom is 0.422 e. The van der Waals surface area contributed by atoms with Gasteiger partial charge in [0.05, 0.1) is 18.5 Å². The fourth-order valence-electron chi connectivity index (χ4n) is 3.43. The third-order valence-corrected chi connectivity index (χ3v) is 5.16. The number of alkyl halides is 3. The monoisotopic (exact) mass is 461 g/mol. The Bertz CT molecular complexity index is 1100. The summed E-state index contributed by atoms with van der Waals surface area (Å²) in [6.45, 7) is 2.83. The third kappa shape index (κ3) is 6.50. The molecule has 0 aliphatic carbocycles. The van der Waals surface area contributed by atoms with Crippen molar-refractivity contribution in [1.29, 1.82) is 0 Å². The highest BCUT2D eigenvalue weighted by Gasteiger charge is 2.29. The number of aromatic nitrogens is 2. The first kappa shape index (κ1) is 24.2. The normalized spacial score (nSPS) is 11.3. The van der Waals surface area contributed by atoms with E-state index in [1.54, 1.807) is 12.1 Å². The maximum atomic E-state index is 12.4. The summed E-state index contributed by atoms with van der Waals surface area (Å²) in [5.74, 6) is 0.0544. The van der Waals surface area contributed by atoms with E-state index in [2.05, 4.69) is 10.4 Å². The Hall–Kier alpha value is -3.49. The predicted octanol–water partition coefficient (Wildman–Crippen LogP) is 4.69. The molecular formula is C24H26F3N3O3. The summed E-state index contributed by atoms with van der Waals surface area (Å²) in [6.07, 6.45) is -3.81. The van der Waals surface area contributed by atoms with E-state index in [9.17, 15) is 18.0 Å². The minimum Gasteiger partial charge on any atom is -0.493 e. The zero-order chi connectivity index (χ0) is 24.0. The second-order valence-corrected chi connectivity index (χ2v) is 7.56. The number of carbonyl (C=O) groups is 1. The molecule has 0 spiro atoms. The Balaban J connectivity index is 1.56. The molecule has 0 aliphatic heterocycles. The van der Waals surface area contributed by atoms with Gasteiger partial charge in [-0.3, -0.25) is 4.79 Å². The minimum absolute atomic E-state index is 0.00408. The molecular weight excluding hydrogens is 435 g/mol. The highest BCUT2D eigenvalue weighted by atomic mass is 19.4. The van der Waals surface area contributed by atoms with Crippen molar-refractivity contribution >= 4 is 5.91 Å². The number of benzene rings is 2. The first-order valence-electron chi connectivity index (χ1n) is 10.4. The number of carbonyl (C=O) groups excluding carboxylic acids is 1. The molecule has 3 aromatic rings. The molecule has 1 N–H and O–H groups in total. The lowest BCUT2D eigenvalue weighted by Gasteiger charge is -2.13. The molecule has 0 saturated heterocycles. The minimum atomic E-state index is -4.43. The van der Waals surface area contributed by atoms with Crippen molar-refractivity contribution < 1.29 is 27.4 Å². The zero-order valence-electron chi connectivity index (χ0n) is 18.7. The van der Waals surface area contributed by atoms with Crippen LogP contribution in [0, 0.1) is 13.8 Å². The Morgan fingerprint density at radius 3 is 2.48 bits per heavy atom. The van der Waals surface area contributed by atoms with Crippen molar-refractivity contribution in [3.8, 4) is 17.2 Å². The standard InChI is InChI=1S/C24H26F3N3O3/c1-16-20(17(2)30(29-16)19-7-5-4-6-8-19)14-28-23(31)12-10-18-9-11-21(22(13-18)32-3)33-15-24(25,26)27/h4-9,11,13H,10,12,14-15H2,1-3H3,(H,28,31). The van der Waals surface area contributed by atoms with E-state index in [4.69, 9.17) is 9.47 Å². The highest BCUT2D eigenvalue weighted by Crippen LogP contribution is 2.30. The largest absolute Gasteiger partial charge is 0.493 e. The van der Waals surface area contributed by atoms with Gasteiger partial charge < -0.3 is 14.8 Å². The molecule has 0 bridgehead atoms. The molecule has 3 rings (SSSR count). The van der Waals surface area contributed by atoms with E-state index in [0.29, 0.717) is 13.0 Å². The summed E-state index contributed by atoms with van der Waals surface area (Å²) in [4.78, 5) is 12.4. The van der Waals surface area contributed by atoms with E-state index >= 15 is 0 Å². The van der Waals surface area contributed by atoms with Gasteiger partial charge >= 0.3 is 6.18 Å². The van der Waals surface area contributed by atoms with Gasteiger partial charge in [-0.05, 0) is 50.1 Å². The molecule has 2 aromatic carbocycles. The van der Waals surface area contributed by atoms with Crippen molar-refractivity contribution in [2.75, 3.05) is 13.7 Å². The lowest BCUT2D eigenvalue weighted by atomic mass is 10.1. The first-order valence-corrected chi connectivity index (χ1v) is 10.4. The van der Waals surface area contributed by atoms with Crippen LogP contribution in [0.25, 0.3) is 5.69 Å². The second-order valence-electron chi connectivity index (χ2n) is 7.56. The number of hydrogen-bond donors (Lipinski definition) is 1. The maximum absolute atomic E-state index is 12.4. The van der Waals surface area contributed by atoms with E-state index in [0.717, 1.165) is 28.2 Å². The van der Waals surface area contributed by atoms with Crippen LogP contribution in [-0.4, -0.2) is 35.6 Å². The van der Waals surface area contributed by atoms with Crippen LogP contribution in [-0.2, 0) is 17.8 Å². The smallest absolute Gasteiger partial charge is 0.422 e. The number of ether oxygens (including phenoxy) is 2. The van der Waals surface area contributed by atoms with Gasteiger partial charge in [0.15, 0.2) is 18.1 Å². The van der Waals surface area contributed by atoms with Crippen LogP contribution in [0.1, 0.15) is 28.9 Å². The van der Waals surface area contributed by atoms with Crippen molar-refractivity contribution in [3.63, 3.8) is 0 Å². The van der Waals surface area contributed by atoms with Crippen LogP contribution in [0.5, 0.6) is 11.5 Å². The predicted molar refractivity (Wildman–Crippen MR) is 118 cm³/mol. The number of nitrogens with one attached hydrogen (secondary N) is 1. The molecule has 176 valence electrons. The number of hydrogen-bond acceptors (Lipinski definition) is 4. The SMILES string of the molecule is COc1cc(CCC(=O)NCc2c(C)nn(-c3ccccc3)c2C)ccc1OCC(F)(F)F. The number of aryl methyl sites for hydroxylation is 2. The van der Waals surface area contributed by atoms with E-state index in [1.165, 1.54) is 13.2 Å². The average Bonchev–Trinajstić information content (AvgIpc) is 3.08. The van der Waals surface area contributed by atoms with Crippen LogP contribution in [0.15, 0.2) is 48.5 Å². The van der Waals surface area contributed by atoms with Gasteiger partial charge in [-0.25, -0.2) is 4.68 Å². The molecule has 0 unspecified atom stereocenters. The summed E-state index contributed by atoms with van der Waals surface area (Å²) in [5.41, 5.74) is 4.46. The number of para-hydroxylation sites is 1. The van der Waals surface area contributed by atoms with E-state index in [-0.39, 0.29) is 23.8 Å². The summed E-state index contributed by atoms with van der Waals surface area (Å²) in [7, 11) is 1.35. The Kier molecular flexibility index (Phi) is 7.63.